The van der Waals surface area contributed by atoms with Crippen LogP contribution in [0, 0.1) is 0 Å². The summed E-state index contributed by atoms with van der Waals surface area (Å²) in [6, 6.07) is 14.4. The van der Waals surface area contributed by atoms with E-state index in [1.165, 1.54) is 11.1 Å². The Labute approximate surface area is 126 Å². The fourth-order valence-corrected chi connectivity index (χ4v) is 2.30. The van der Waals surface area contributed by atoms with Crippen LogP contribution < -0.4 is 14.8 Å². The Morgan fingerprint density at radius 2 is 1.86 bits per heavy atom. The third-order valence-electron chi connectivity index (χ3n) is 3.33. The van der Waals surface area contributed by atoms with Crippen molar-refractivity contribution in [3.8, 4) is 22.6 Å². The lowest BCUT2D eigenvalue weighted by atomic mass is 9.99. The summed E-state index contributed by atoms with van der Waals surface area (Å²) in [7, 11) is 1.70. The van der Waals surface area contributed by atoms with Crippen LogP contribution in [0.2, 0.25) is 0 Å². The van der Waals surface area contributed by atoms with Crippen molar-refractivity contribution in [2.75, 3.05) is 20.3 Å². The Morgan fingerprint density at radius 1 is 1.00 bits per heavy atom. The van der Waals surface area contributed by atoms with Crippen molar-refractivity contribution in [1.82, 2.24) is 5.32 Å². The van der Waals surface area contributed by atoms with E-state index in [2.05, 4.69) is 36.5 Å². The maximum atomic E-state index is 5.59. The van der Waals surface area contributed by atoms with Gasteiger partial charge in [0.25, 0.3) is 0 Å². The minimum atomic E-state index is 0.677. The Balaban J connectivity index is 2.39. The van der Waals surface area contributed by atoms with E-state index in [1.807, 2.05) is 25.1 Å². The number of nitrogens with one attached hydrogen (secondary N) is 1. The fraction of sp³-hybridized carbons (Fsp3) is 0.333. The molecule has 0 fully saturated rings. The largest absolute Gasteiger partial charge is 0.497 e. The van der Waals surface area contributed by atoms with Gasteiger partial charge < -0.3 is 14.8 Å². The van der Waals surface area contributed by atoms with E-state index >= 15 is 0 Å². The van der Waals surface area contributed by atoms with E-state index in [9.17, 15) is 0 Å². The van der Waals surface area contributed by atoms with Crippen molar-refractivity contribution >= 4 is 0 Å². The highest BCUT2D eigenvalue weighted by Gasteiger charge is 2.08. The molecule has 0 aliphatic heterocycles. The number of ether oxygens (including phenoxy) is 2. The van der Waals surface area contributed by atoms with Gasteiger partial charge in [-0.05, 0) is 54.4 Å². The standard InChI is InChI=1S/C18H23NO2/c1-4-19-13-15-12-16(20-3)9-10-18(15)14-7-6-8-17(11-14)21-5-2/h6-12,19H,4-5,13H2,1-3H3. The second-order valence-corrected chi connectivity index (χ2v) is 4.76. The number of hydrogen-bond acceptors (Lipinski definition) is 3. The van der Waals surface area contributed by atoms with E-state index in [-0.39, 0.29) is 0 Å². The number of rotatable bonds is 7. The van der Waals surface area contributed by atoms with E-state index < -0.39 is 0 Å². The molecule has 0 saturated heterocycles. The minimum Gasteiger partial charge on any atom is -0.497 e. The summed E-state index contributed by atoms with van der Waals surface area (Å²) in [6.07, 6.45) is 0. The summed E-state index contributed by atoms with van der Waals surface area (Å²) in [4.78, 5) is 0. The highest BCUT2D eigenvalue weighted by molar-refractivity contribution is 5.69. The first-order chi connectivity index (χ1) is 10.3. The molecule has 112 valence electrons. The average molecular weight is 285 g/mol. The highest BCUT2D eigenvalue weighted by Crippen LogP contribution is 2.29. The van der Waals surface area contributed by atoms with Gasteiger partial charge in [-0.1, -0.05) is 25.1 Å². The molecule has 0 aliphatic rings. The van der Waals surface area contributed by atoms with Crippen LogP contribution >= 0.6 is 0 Å². The van der Waals surface area contributed by atoms with Gasteiger partial charge >= 0.3 is 0 Å². The van der Waals surface area contributed by atoms with Gasteiger partial charge in [0.1, 0.15) is 11.5 Å². The fourth-order valence-electron chi connectivity index (χ4n) is 2.30. The molecule has 0 unspecified atom stereocenters. The first-order valence-corrected chi connectivity index (χ1v) is 7.39. The van der Waals surface area contributed by atoms with Crippen molar-refractivity contribution in [3.05, 3.63) is 48.0 Å². The first-order valence-electron chi connectivity index (χ1n) is 7.39. The maximum Gasteiger partial charge on any atom is 0.119 e. The van der Waals surface area contributed by atoms with Crippen molar-refractivity contribution in [3.63, 3.8) is 0 Å². The molecule has 0 atom stereocenters. The summed E-state index contributed by atoms with van der Waals surface area (Å²) < 4.78 is 10.9. The molecule has 0 aliphatic carbocycles. The van der Waals surface area contributed by atoms with Gasteiger partial charge in [0.2, 0.25) is 0 Å². The second-order valence-electron chi connectivity index (χ2n) is 4.76. The third-order valence-corrected chi connectivity index (χ3v) is 3.33. The van der Waals surface area contributed by atoms with Crippen molar-refractivity contribution in [1.29, 1.82) is 0 Å². The molecule has 21 heavy (non-hydrogen) atoms. The van der Waals surface area contributed by atoms with E-state index in [4.69, 9.17) is 9.47 Å². The van der Waals surface area contributed by atoms with Gasteiger partial charge in [0, 0.05) is 6.54 Å². The van der Waals surface area contributed by atoms with Crippen LogP contribution in [0.1, 0.15) is 19.4 Å². The molecule has 2 aromatic rings. The van der Waals surface area contributed by atoms with Gasteiger partial charge in [0.15, 0.2) is 0 Å². The lowest BCUT2D eigenvalue weighted by molar-refractivity contribution is 0.340. The topological polar surface area (TPSA) is 30.5 Å². The molecule has 3 nitrogen and oxygen atoms in total. The van der Waals surface area contributed by atoms with Gasteiger partial charge in [-0.15, -0.1) is 0 Å². The Hall–Kier alpha value is -2.00. The molecule has 0 heterocycles. The molecule has 0 amide bonds. The predicted octanol–water partition coefficient (Wildman–Crippen LogP) is 3.87. The van der Waals surface area contributed by atoms with E-state index in [0.29, 0.717) is 6.61 Å². The number of hydrogen-bond donors (Lipinski definition) is 1. The molecule has 3 heteroatoms. The maximum absolute atomic E-state index is 5.59. The summed E-state index contributed by atoms with van der Waals surface area (Å²) in [6.45, 7) is 6.54. The van der Waals surface area contributed by atoms with Crippen LogP contribution in [0.4, 0.5) is 0 Å². The second kappa shape index (κ2) is 7.70. The summed E-state index contributed by atoms with van der Waals surface area (Å²) >= 11 is 0. The molecule has 0 bridgehead atoms. The number of benzene rings is 2. The van der Waals surface area contributed by atoms with Gasteiger partial charge in [0.05, 0.1) is 13.7 Å². The molecular formula is C18H23NO2. The van der Waals surface area contributed by atoms with Crippen LogP contribution in [-0.2, 0) is 6.54 Å². The van der Waals surface area contributed by atoms with Gasteiger partial charge in [-0.2, -0.15) is 0 Å². The van der Waals surface area contributed by atoms with Crippen LogP contribution in [0.3, 0.4) is 0 Å². The summed E-state index contributed by atoms with van der Waals surface area (Å²) in [5.41, 5.74) is 3.60. The zero-order valence-electron chi connectivity index (χ0n) is 13.0. The molecular weight excluding hydrogens is 262 g/mol. The van der Waals surface area contributed by atoms with Crippen molar-refractivity contribution in [2.24, 2.45) is 0 Å². The van der Waals surface area contributed by atoms with E-state index in [1.54, 1.807) is 7.11 Å². The van der Waals surface area contributed by atoms with Crippen LogP contribution in [-0.4, -0.2) is 20.3 Å². The summed E-state index contributed by atoms with van der Waals surface area (Å²) in [5.74, 6) is 1.79. The number of methoxy groups -OCH3 is 1. The molecule has 0 spiro atoms. The Morgan fingerprint density at radius 3 is 2.57 bits per heavy atom. The lowest BCUT2D eigenvalue weighted by Crippen LogP contribution is -2.12. The zero-order chi connectivity index (χ0) is 15.1. The van der Waals surface area contributed by atoms with Crippen molar-refractivity contribution in [2.45, 2.75) is 20.4 Å². The van der Waals surface area contributed by atoms with Gasteiger partial charge in [-0.3, -0.25) is 0 Å². The Kier molecular flexibility index (Phi) is 5.64. The quantitative estimate of drug-likeness (QED) is 0.837. The lowest BCUT2D eigenvalue weighted by Gasteiger charge is -2.13. The van der Waals surface area contributed by atoms with Gasteiger partial charge in [-0.25, -0.2) is 0 Å². The molecule has 2 rings (SSSR count). The predicted molar refractivity (Wildman–Crippen MR) is 87.0 cm³/mol. The first kappa shape index (κ1) is 15.4. The zero-order valence-corrected chi connectivity index (χ0v) is 13.0. The minimum absolute atomic E-state index is 0.677. The third kappa shape index (κ3) is 3.99. The summed E-state index contributed by atoms with van der Waals surface area (Å²) in [5, 5.41) is 3.38. The molecule has 1 N–H and O–H groups in total. The normalized spacial score (nSPS) is 10.4. The van der Waals surface area contributed by atoms with Crippen LogP contribution in [0.15, 0.2) is 42.5 Å². The molecule has 0 saturated carbocycles. The highest BCUT2D eigenvalue weighted by atomic mass is 16.5. The van der Waals surface area contributed by atoms with Crippen LogP contribution in [0.5, 0.6) is 11.5 Å². The molecule has 2 aromatic carbocycles. The smallest absolute Gasteiger partial charge is 0.119 e. The Bertz CT molecular complexity index is 581. The average Bonchev–Trinajstić information content (AvgIpc) is 2.53. The van der Waals surface area contributed by atoms with Crippen LogP contribution in [0.25, 0.3) is 11.1 Å². The van der Waals surface area contributed by atoms with Crippen molar-refractivity contribution < 1.29 is 9.47 Å². The van der Waals surface area contributed by atoms with E-state index in [0.717, 1.165) is 30.2 Å². The molecule has 0 radical (unpaired) electrons. The SMILES string of the molecule is CCNCc1cc(OC)ccc1-c1cccc(OCC)c1. The molecule has 0 aromatic heterocycles. The monoisotopic (exact) mass is 285 g/mol.